The summed E-state index contributed by atoms with van der Waals surface area (Å²) >= 11 is 5.61. The van der Waals surface area contributed by atoms with Gasteiger partial charge in [-0.15, -0.1) is 0 Å². The van der Waals surface area contributed by atoms with Crippen LogP contribution in [-0.2, 0) is 10.6 Å². The van der Waals surface area contributed by atoms with Crippen molar-refractivity contribution < 1.29 is 20.9 Å². The molecular formula is C7H7ClF2O3S. The summed E-state index contributed by atoms with van der Waals surface area (Å²) in [6.07, 6.45) is 0. The van der Waals surface area contributed by atoms with Gasteiger partial charge < -0.3 is 4.74 Å². The van der Waals surface area contributed by atoms with Crippen LogP contribution in [0.4, 0.5) is 7.77 Å². The fraction of sp³-hybridized carbons (Fsp3) is 0.143. The van der Waals surface area contributed by atoms with Gasteiger partial charge in [-0.2, -0.15) is 8.42 Å². The van der Waals surface area contributed by atoms with E-state index in [1.807, 2.05) is 12.1 Å². The van der Waals surface area contributed by atoms with Crippen LogP contribution in [0.15, 0.2) is 24.3 Å². The number of ether oxygens (including phenoxy) is 1. The Morgan fingerprint density at radius 1 is 1.21 bits per heavy atom. The molecule has 0 aliphatic rings. The van der Waals surface area contributed by atoms with Gasteiger partial charge in [-0.05, 0) is 24.3 Å². The Labute approximate surface area is 85.8 Å². The van der Waals surface area contributed by atoms with Crippen molar-refractivity contribution in [2.24, 2.45) is 0 Å². The van der Waals surface area contributed by atoms with E-state index in [1.54, 1.807) is 19.2 Å². The number of methoxy groups -OCH3 is 1. The normalized spacial score (nSPS) is 10.0. The van der Waals surface area contributed by atoms with E-state index in [0.717, 1.165) is 10.8 Å². The third-order valence-corrected chi connectivity index (χ3v) is 1.30. The maximum atomic E-state index is 9.99. The zero-order valence-corrected chi connectivity index (χ0v) is 8.65. The van der Waals surface area contributed by atoms with Crippen LogP contribution in [0.25, 0.3) is 0 Å². The van der Waals surface area contributed by atoms with E-state index < -0.39 is 10.6 Å². The van der Waals surface area contributed by atoms with E-state index >= 15 is 0 Å². The van der Waals surface area contributed by atoms with Crippen LogP contribution < -0.4 is 4.74 Å². The quantitative estimate of drug-likeness (QED) is 0.713. The lowest BCUT2D eigenvalue weighted by molar-refractivity contribution is 0.415. The van der Waals surface area contributed by atoms with Gasteiger partial charge in [0.25, 0.3) is 0 Å². The number of benzene rings is 1. The molecule has 0 spiro atoms. The minimum atomic E-state index is -5.67. The van der Waals surface area contributed by atoms with Gasteiger partial charge in [-0.25, -0.2) is 0 Å². The topological polar surface area (TPSA) is 43.4 Å². The zero-order chi connectivity index (χ0) is 11.2. The number of halogens is 3. The van der Waals surface area contributed by atoms with Gasteiger partial charge in [0.05, 0.1) is 7.11 Å². The SMILES string of the molecule is COc1ccc(Cl)cc1.O=S(=O)(F)F. The molecular weight excluding hydrogens is 238 g/mol. The Kier molecular flexibility index (Phi) is 5.40. The second-order valence-corrected chi connectivity index (χ2v) is 3.23. The fourth-order valence-electron chi connectivity index (χ4n) is 0.571. The van der Waals surface area contributed by atoms with E-state index in [1.165, 1.54) is 0 Å². The number of rotatable bonds is 1. The molecule has 0 saturated carbocycles. The first-order valence-corrected chi connectivity index (χ1v) is 4.93. The van der Waals surface area contributed by atoms with Crippen molar-refractivity contribution in [2.75, 3.05) is 7.11 Å². The van der Waals surface area contributed by atoms with Crippen LogP contribution in [0, 0.1) is 0 Å². The van der Waals surface area contributed by atoms with Crippen molar-refractivity contribution in [3.63, 3.8) is 0 Å². The van der Waals surface area contributed by atoms with Crippen LogP contribution in [0.1, 0.15) is 0 Å². The average molecular weight is 245 g/mol. The number of hydrogen-bond donors (Lipinski definition) is 0. The van der Waals surface area contributed by atoms with E-state index in [-0.39, 0.29) is 0 Å². The third-order valence-electron chi connectivity index (χ3n) is 1.05. The molecule has 0 unspecified atom stereocenters. The first-order chi connectivity index (χ1) is 6.33. The minimum Gasteiger partial charge on any atom is -0.497 e. The summed E-state index contributed by atoms with van der Waals surface area (Å²) in [4.78, 5) is 0. The molecule has 7 heteroatoms. The molecule has 0 aliphatic carbocycles. The Bertz CT molecular complexity index is 355. The molecule has 14 heavy (non-hydrogen) atoms. The van der Waals surface area contributed by atoms with Crippen molar-refractivity contribution >= 4 is 22.2 Å². The van der Waals surface area contributed by atoms with Crippen molar-refractivity contribution in [3.8, 4) is 5.75 Å². The third kappa shape index (κ3) is 9.21. The Hall–Kier alpha value is -0.880. The zero-order valence-electron chi connectivity index (χ0n) is 7.08. The van der Waals surface area contributed by atoms with Gasteiger partial charge in [-0.1, -0.05) is 19.4 Å². The molecule has 0 bridgehead atoms. The van der Waals surface area contributed by atoms with Gasteiger partial charge in [0, 0.05) is 5.02 Å². The summed E-state index contributed by atoms with van der Waals surface area (Å²) in [6, 6.07) is 7.23. The Morgan fingerprint density at radius 3 is 1.86 bits per heavy atom. The second kappa shape index (κ2) is 5.77. The summed E-state index contributed by atoms with van der Waals surface area (Å²) in [7, 11) is -4.04. The van der Waals surface area contributed by atoms with E-state index in [4.69, 9.17) is 24.8 Å². The first-order valence-electron chi connectivity index (χ1n) is 3.26. The highest BCUT2D eigenvalue weighted by atomic mass is 35.5. The van der Waals surface area contributed by atoms with Gasteiger partial charge in [0.2, 0.25) is 0 Å². The first kappa shape index (κ1) is 13.1. The molecule has 0 atom stereocenters. The maximum absolute atomic E-state index is 9.99. The molecule has 1 rings (SSSR count). The summed E-state index contributed by atoms with van der Waals surface area (Å²) in [6.45, 7) is 0. The molecule has 3 nitrogen and oxygen atoms in total. The molecule has 0 fully saturated rings. The van der Waals surface area contributed by atoms with Gasteiger partial charge in [-0.3, -0.25) is 0 Å². The molecule has 0 radical (unpaired) electrons. The largest absolute Gasteiger partial charge is 0.497 e. The molecule has 0 N–H and O–H groups in total. The van der Waals surface area contributed by atoms with Crippen molar-refractivity contribution in [1.29, 1.82) is 0 Å². The van der Waals surface area contributed by atoms with E-state index in [0.29, 0.717) is 0 Å². The Morgan fingerprint density at radius 2 is 1.57 bits per heavy atom. The van der Waals surface area contributed by atoms with Crippen molar-refractivity contribution in [1.82, 2.24) is 0 Å². The number of hydrogen-bond acceptors (Lipinski definition) is 3. The van der Waals surface area contributed by atoms with Crippen LogP contribution in [0.5, 0.6) is 5.75 Å². The van der Waals surface area contributed by atoms with E-state index in [2.05, 4.69) is 0 Å². The van der Waals surface area contributed by atoms with Crippen LogP contribution in [0.3, 0.4) is 0 Å². The minimum absolute atomic E-state index is 0.732. The fourth-order valence-corrected chi connectivity index (χ4v) is 0.697. The van der Waals surface area contributed by atoms with Crippen LogP contribution >= 0.6 is 11.6 Å². The van der Waals surface area contributed by atoms with Crippen molar-refractivity contribution in [2.45, 2.75) is 0 Å². The lowest BCUT2D eigenvalue weighted by Crippen LogP contribution is -1.79. The summed E-state index contributed by atoms with van der Waals surface area (Å²) in [5, 5.41) is 0.732. The highest BCUT2D eigenvalue weighted by molar-refractivity contribution is 7.81. The second-order valence-electron chi connectivity index (χ2n) is 2.04. The monoisotopic (exact) mass is 244 g/mol. The molecule has 1 aromatic rings. The van der Waals surface area contributed by atoms with E-state index in [9.17, 15) is 7.77 Å². The molecule has 0 aromatic heterocycles. The summed E-state index contributed by atoms with van der Waals surface area (Å²) < 4.78 is 41.5. The molecule has 1 aromatic carbocycles. The molecule has 80 valence electrons. The highest BCUT2D eigenvalue weighted by Crippen LogP contribution is 2.14. The Balaban J connectivity index is 0.000000292. The van der Waals surface area contributed by atoms with Gasteiger partial charge >= 0.3 is 10.6 Å². The lowest BCUT2D eigenvalue weighted by atomic mass is 10.3. The average Bonchev–Trinajstić information content (AvgIpc) is 2.03. The summed E-state index contributed by atoms with van der Waals surface area (Å²) in [5.74, 6) is 0.833. The highest BCUT2D eigenvalue weighted by Gasteiger charge is 1.94. The predicted molar refractivity (Wildman–Crippen MR) is 49.1 cm³/mol. The summed E-state index contributed by atoms with van der Waals surface area (Å²) in [5.41, 5.74) is 0. The van der Waals surface area contributed by atoms with Crippen molar-refractivity contribution in [3.05, 3.63) is 29.3 Å². The smallest absolute Gasteiger partial charge is 0.476 e. The van der Waals surface area contributed by atoms with Gasteiger partial charge in [0.1, 0.15) is 5.75 Å². The van der Waals surface area contributed by atoms with Crippen LogP contribution in [-0.4, -0.2) is 15.5 Å². The molecule has 0 saturated heterocycles. The predicted octanol–water partition coefficient (Wildman–Crippen LogP) is 2.52. The lowest BCUT2D eigenvalue weighted by Gasteiger charge is -1.96. The molecule has 0 amide bonds. The molecule has 0 heterocycles. The van der Waals surface area contributed by atoms with Gasteiger partial charge in [0.15, 0.2) is 0 Å². The molecule has 0 aliphatic heterocycles. The van der Waals surface area contributed by atoms with Crippen LogP contribution in [0.2, 0.25) is 5.02 Å². The maximum Gasteiger partial charge on any atom is 0.476 e. The standard InChI is InChI=1S/C7H7ClO.F2O2S/c1-9-7-4-2-6(8)3-5-7;1-5(2,3)4/h2-5H,1H3;.